The van der Waals surface area contributed by atoms with Crippen LogP contribution in [0.3, 0.4) is 0 Å². The number of carbonyl (C=O) groups excluding carboxylic acids is 1. The van der Waals surface area contributed by atoms with Gasteiger partial charge >= 0.3 is 11.6 Å². The highest BCUT2D eigenvalue weighted by Crippen LogP contribution is 2.38. The summed E-state index contributed by atoms with van der Waals surface area (Å²) in [5.74, 6) is -0.659. The van der Waals surface area contributed by atoms with E-state index in [0.717, 1.165) is 11.1 Å². The van der Waals surface area contributed by atoms with Crippen LogP contribution >= 0.6 is 0 Å². The number of aromatic nitrogens is 2. The Bertz CT molecular complexity index is 1180. The lowest BCUT2D eigenvalue weighted by Gasteiger charge is -2.21. The van der Waals surface area contributed by atoms with Crippen molar-refractivity contribution < 1.29 is 14.8 Å². The smallest absolute Gasteiger partial charge is 0.320 e. The molecule has 3 aromatic rings. The molecule has 0 fully saturated rings. The number of rotatable bonds is 5. The minimum Gasteiger partial charge on any atom is -0.508 e. The van der Waals surface area contributed by atoms with Gasteiger partial charge in [0.05, 0.1) is 16.7 Å². The zero-order chi connectivity index (χ0) is 22.1. The first kappa shape index (κ1) is 20.3. The van der Waals surface area contributed by atoms with Gasteiger partial charge in [0.25, 0.3) is 0 Å². The first-order chi connectivity index (χ1) is 14.9. The molecule has 0 bridgehead atoms. The molecule has 31 heavy (non-hydrogen) atoms. The van der Waals surface area contributed by atoms with Crippen LogP contribution in [0.25, 0.3) is 0 Å². The fourth-order valence-electron chi connectivity index (χ4n) is 3.60. The molecule has 2 aromatic carbocycles. The van der Waals surface area contributed by atoms with Crippen LogP contribution in [0.15, 0.2) is 59.8 Å². The number of nitro groups is 1. The monoisotopic (exact) mass is 419 g/mol. The Morgan fingerprint density at radius 1 is 1.23 bits per heavy atom. The van der Waals surface area contributed by atoms with E-state index in [2.05, 4.69) is 10.2 Å². The number of para-hydroxylation sites is 1. The van der Waals surface area contributed by atoms with Crippen LogP contribution < -0.4 is 0 Å². The molecular weight excluding hydrogens is 398 g/mol. The predicted octanol–water partition coefficient (Wildman–Crippen LogP) is 3.82. The van der Waals surface area contributed by atoms with E-state index in [1.54, 1.807) is 25.1 Å². The second-order valence-electron chi connectivity index (χ2n) is 7.32. The molecule has 4 rings (SSSR count). The van der Waals surface area contributed by atoms with Gasteiger partial charge in [-0.25, -0.2) is 5.01 Å². The fraction of sp³-hybridized carbons (Fsp3) is 0.227. The maximum atomic E-state index is 13.4. The van der Waals surface area contributed by atoms with E-state index < -0.39 is 16.9 Å². The van der Waals surface area contributed by atoms with Crippen molar-refractivity contribution in [1.82, 2.24) is 14.8 Å². The molecule has 0 aliphatic carbocycles. The van der Waals surface area contributed by atoms with E-state index in [1.165, 1.54) is 22.0 Å². The van der Waals surface area contributed by atoms with E-state index in [4.69, 9.17) is 0 Å². The zero-order valence-corrected chi connectivity index (χ0v) is 17.1. The summed E-state index contributed by atoms with van der Waals surface area (Å²) in [6.07, 6.45) is 1.59. The van der Waals surface area contributed by atoms with Crippen LogP contribution in [0, 0.1) is 17.0 Å². The van der Waals surface area contributed by atoms with Crippen LogP contribution in [0.1, 0.15) is 46.6 Å². The van der Waals surface area contributed by atoms with Gasteiger partial charge in [-0.15, -0.1) is 0 Å². The zero-order valence-electron chi connectivity index (χ0n) is 17.1. The molecule has 0 radical (unpaired) electrons. The molecule has 9 heteroatoms. The number of benzene rings is 2. The van der Waals surface area contributed by atoms with Crippen molar-refractivity contribution in [2.75, 3.05) is 0 Å². The van der Waals surface area contributed by atoms with Crippen molar-refractivity contribution in [1.29, 1.82) is 0 Å². The lowest BCUT2D eigenvalue weighted by molar-refractivity contribution is -0.385. The predicted molar refractivity (Wildman–Crippen MR) is 114 cm³/mol. The number of carbonyl (C=O) groups is 1. The number of amides is 1. The quantitative estimate of drug-likeness (QED) is 0.499. The number of hydrogen-bond acceptors (Lipinski definition) is 6. The molecule has 0 spiro atoms. The molecule has 0 saturated carbocycles. The molecular formula is C22H21N5O4. The summed E-state index contributed by atoms with van der Waals surface area (Å²) in [5.41, 5.74) is 2.45. The average Bonchev–Trinajstić information content (AvgIpc) is 3.39. The fourth-order valence-corrected chi connectivity index (χ4v) is 3.60. The van der Waals surface area contributed by atoms with Crippen LogP contribution in [0.5, 0.6) is 5.75 Å². The van der Waals surface area contributed by atoms with Crippen molar-refractivity contribution in [3.05, 3.63) is 87.2 Å². The maximum Gasteiger partial charge on any atom is 0.320 e. The topological polar surface area (TPSA) is 114 Å². The normalized spacial score (nSPS) is 15.7. The Morgan fingerprint density at radius 3 is 2.58 bits per heavy atom. The lowest BCUT2D eigenvalue weighted by atomic mass is 9.97. The third-order valence-electron chi connectivity index (χ3n) is 5.26. The van der Waals surface area contributed by atoms with Crippen molar-refractivity contribution >= 4 is 17.3 Å². The molecule has 0 unspecified atom stereocenters. The van der Waals surface area contributed by atoms with Gasteiger partial charge in [-0.1, -0.05) is 48.0 Å². The van der Waals surface area contributed by atoms with E-state index in [-0.39, 0.29) is 17.1 Å². The van der Waals surface area contributed by atoms with Gasteiger partial charge in [0.2, 0.25) is 5.69 Å². The number of aryl methyl sites for hydroxylation is 2. The van der Waals surface area contributed by atoms with Crippen molar-refractivity contribution in [2.24, 2.45) is 5.10 Å². The average molecular weight is 419 g/mol. The maximum absolute atomic E-state index is 13.4. The molecule has 158 valence electrons. The highest BCUT2D eigenvalue weighted by Gasteiger charge is 2.39. The SMILES string of the molecule is CCn1cc([N+](=O)[O-])c(C(=O)N2N=C(c3ccc(C)cc3)C[C@H]2c2ccccc2O)n1. The van der Waals surface area contributed by atoms with Gasteiger partial charge in [-0.3, -0.25) is 19.6 Å². The van der Waals surface area contributed by atoms with Crippen molar-refractivity contribution in [3.8, 4) is 5.75 Å². The van der Waals surface area contributed by atoms with E-state index in [1.807, 2.05) is 31.2 Å². The minimum atomic E-state index is -0.686. The lowest BCUT2D eigenvalue weighted by Crippen LogP contribution is -2.28. The Morgan fingerprint density at radius 2 is 1.94 bits per heavy atom. The van der Waals surface area contributed by atoms with E-state index in [9.17, 15) is 20.0 Å². The second-order valence-corrected chi connectivity index (χ2v) is 7.32. The number of hydrogen-bond donors (Lipinski definition) is 1. The number of nitrogens with zero attached hydrogens (tertiary/aromatic N) is 5. The van der Waals surface area contributed by atoms with Crippen LogP contribution in [-0.2, 0) is 6.54 Å². The molecule has 0 saturated heterocycles. The molecule has 1 atom stereocenters. The van der Waals surface area contributed by atoms with Crippen molar-refractivity contribution in [2.45, 2.75) is 32.9 Å². The van der Waals surface area contributed by atoms with Gasteiger partial charge in [-0.2, -0.15) is 10.2 Å². The highest BCUT2D eigenvalue weighted by molar-refractivity contribution is 6.05. The second kappa shape index (κ2) is 8.02. The van der Waals surface area contributed by atoms with Gasteiger partial charge in [0.15, 0.2) is 0 Å². The largest absolute Gasteiger partial charge is 0.508 e. The van der Waals surface area contributed by atoms with Crippen LogP contribution in [0.2, 0.25) is 0 Å². The Kier molecular flexibility index (Phi) is 5.24. The summed E-state index contributed by atoms with van der Waals surface area (Å²) in [4.78, 5) is 24.3. The molecule has 1 aromatic heterocycles. The molecule has 1 amide bonds. The summed E-state index contributed by atoms with van der Waals surface area (Å²) in [5, 5.41) is 31.7. The van der Waals surface area contributed by atoms with Gasteiger partial charge < -0.3 is 5.11 Å². The highest BCUT2D eigenvalue weighted by atomic mass is 16.6. The molecule has 1 N–H and O–H groups in total. The number of hydrazone groups is 1. The molecule has 2 heterocycles. The van der Waals surface area contributed by atoms with Crippen LogP contribution in [0.4, 0.5) is 5.69 Å². The van der Waals surface area contributed by atoms with Gasteiger partial charge in [0, 0.05) is 18.5 Å². The first-order valence-corrected chi connectivity index (χ1v) is 9.86. The Hall–Kier alpha value is -4.01. The summed E-state index contributed by atoms with van der Waals surface area (Å²) in [6, 6.07) is 13.8. The first-order valence-electron chi connectivity index (χ1n) is 9.86. The van der Waals surface area contributed by atoms with E-state index >= 15 is 0 Å². The van der Waals surface area contributed by atoms with Crippen LogP contribution in [-0.4, -0.2) is 36.4 Å². The van der Waals surface area contributed by atoms with Crippen molar-refractivity contribution in [3.63, 3.8) is 0 Å². The molecule has 1 aliphatic rings. The summed E-state index contributed by atoms with van der Waals surface area (Å²) >= 11 is 0. The Labute approximate surface area is 178 Å². The summed E-state index contributed by atoms with van der Waals surface area (Å²) in [6.45, 7) is 4.14. The third kappa shape index (κ3) is 3.77. The molecule has 9 nitrogen and oxygen atoms in total. The standard InChI is InChI=1S/C22H21N5O4/c1-3-25-13-19(27(30)31)21(24-25)22(29)26-18(16-6-4-5-7-20(16)28)12-17(23-26)15-10-8-14(2)9-11-15/h4-11,13,18,28H,3,12H2,1-2H3/t18-/m0/s1. The number of aromatic hydroxyl groups is 1. The summed E-state index contributed by atoms with van der Waals surface area (Å²) in [7, 11) is 0. The Balaban J connectivity index is 1.80. The van der Waals surface area contributed by atoms with Gasteiger partial charge in [-0.05, 0) is 25.5 Å². The van der Waals surface area contributed by atoms with Gasteiger partial charge in [0.1, 0.15) is 11.9 Å². The summed E-state index contributed by atoms with van der Waals surface area (Å²) < 4.78 is 1.35. The minimum absolute atomic E-state index is 0.0271. The third-order valence-corrected chi connectivity index (χ3v) is 5.26. The molecule has 1 aliphatic heterocycles. The number of phenolic OH excluding ortho intramolecular Hbond substituents is 1. The number of phenols is 1. The van der Waals surface area contributed by atoms with E-state index in [0.29, 0.717) is 24.2 Å².